The van der Waals surface area contributed by atoms with E-state index in [9.17, 15) is 9.59 Å². The lowest BCUT2D eigenvalue weighted by Gasteiger charge is -2.06. The number of hydrogen-bond acceptors (Lipinski definition) is 4. The molecule has 3 aromatic rings. The van der Waals surface area contributed by atoms with Gasteiger partial charge in [0.1, 0.15) is 0 Å². The number of amides is 2. The van der Waals surface area contributed by atoms with Crippen LogP contribution in [-0.4, -0.2) is 16.8 Å². The van der Waals surface area contributed by atoms with Gasteiger partial charge in [0.05, 0.1) is 6.20 Å². The Morgan fingerprint density at radius 1 is 0.966 bits per heavy atom. The monoisotopic (exact) mass is 391 g/mol. The first-order valence-electron chi connectivity index (χ1n) is 9.63. The van der Waals surface area contributed by atoms with E-state index in [-0.39, 0.29) is 18.2 Å². The molecule has 0 spiro atoms. The number of aryl methyl sites for hydroxylation is 1. The van der Waals surface area contributed by atoms with E-state index in [1.54, 1.807) is 30.5 Å². The van der Waals surface area contributed by atoms with E-state index >= 15 is 0 Å². The summed E-state index contributed by atoms with van der Waals surface area (Å²) in [6.07, 6.45) is 2.37. The van der Waals surface area contributed by atoms with Crippen LogP contribution in [0.15, 0.2) is 59.1 Å². The van der Waals surface area contributed by atoms with E-state index in [4.69, 9.17) is 4.42 Å². The van der Waals surface area contributed by atoms with Gasteiger partial charge in [-0.05, 0) is 35.7 Å². The Morgan fingerprint density at radius 2 is 1.59 bits per heavy atom. The molecular formula is C23H25N3O3. The van der Waals surface area contributed by atoms with E-state index in [1.807, 2.05) is 12.1 Å². The van der Waals surface area contributed by atoms with Crippen LogP contribution in [0.3, 0.4) is 0 Å². The van der Waals surface area contributed by atoms with Crippen LogP contribution in [0, 0.1) is 0 Å². The van der Waals surface area contributed by atoms with Gasteiger partial charge in [0.25, 0.3) is 0 Å². The summed E-state index contributed by atoms with van der Waals surface area (Å²) in [7, 11) is 0. The van der Waals surface area contributed by atoms with Crippen LogP contribution >= 0.6 is 0 Å². The van der Waals surface area contributed by atoms with Gasteiger partial charge in [-0.3, -0.25) is 9.59 Å². The molecule has 0 saturated carbocycles. The Kier molecular flexibility index (Phi) is 6.44. The quantitative estimate of drug-likeness (QED) is 0.594. The van der Waals surface area contributed by atoms with Crippen LogP contribution in [0.5, 0.6) is 0 Å². The van der Waals surface area contributed by atoms with Gasteiger partial charge in [0.15, 0.2) is 11.7 Å². The van der Waals surface area contributed by atoms with Crippen LogP contribution in [-0.2, 0) is 16.0 Å². The molecule has 0 atom stereocenters. The van der Waals surface area contributed by atoms with Gasteiger partial charge in [0.2, 0.25) is 11.8 Å². The topological polar surface area (TPSA) is 84.2 Å². The predicted molar refractivity (Wildman–Crippen MR) is 114 cm³/mol. The highest BCUT2D eigenvalue weighted by Gasteiger charge is 2.10. The molecule has 0 aliphatic rings. The highest BCUT2D eigenvalue weighted by Crippen LogP contribution is 2.24. The summed E-state index contributed by atoms with van der Waals surface area (Å²) in [4.78, 5) is 27.5. The molecule has 0 radical (unpaired) electrons. The van der Waals surface area contributed by atoms with Crippen LogP contribution in [0.4, 0.5) is 11.4 Å². The third-order valence-corrected chi connectivity index (χ3v) is 4.47. The molecule has 0 bridgehead atoms. The number of carbonyl (C=O) groups excluding carboxylic acids is 2. The van der Waals surface area contributed by atoms with Crippen molar-refractivity contribution in [2.24, 2.45) is 0 Å². The maximum absolute atomic E-state index is 12.2. The Labute approximate surface area is 170 Å². The summed E-state index contributed by atoms with van der Waals surface area (Å²) in [5.41, 5.74) is 3.60. The SMILES string of the molecule is CC(=O)Nc1ccc(NC(=O)CCc2ncc(-c3ccc(C(C)C)cc3)o2)cc1. The van der Waals surface area contributed by atoms with E-state index in [1.165, 1.54) is 12.5 Å². The average molecular weight is 391 g/mol. The minimum atomic E-state index is -0.136. The Hall–Kier alpha value is -3.41. The van der Waals surface area contributed by atoms with Gasteiger partial charge in [-0.25, -0.2) is 4.98 Å². The molecule has 3 rings (SSSR count). The second kappa shape index (κ2) is 9.19. The number of benzene rings is 2. The number of nitrogens with one attached hydrogen (secondary N) is 2. The van der Waals surface area contributed by atoms with E-state index < -0.39 is 0 Å². The number of carbonyl (C=O) groups is 2. The molecule has 6 heteroatoms. The first kappa shape index (κ1) is 20.3. The van der Waals surface area contributed by atoms with Gasteiger partial charge < -0.3 is 15.1 Å². The van der Waals surface area contributed by atoms with Crippen molar-refractivity contribution < 1.29 is 14.0 Å². The molecule has 6 nitrogen and oxygen atoms in total. The Balaban J connectivity index is 1.52. The predicted octanol–water partition coefficient (Wildman–Crippen LogP) is 4.99. The maximum atomic E-state index is 12.2. The zero-order valence-electron chi connectivity index (χ0n) is 16.9. The highest BCUT2D eigenvalue weighted by atomic mass is 16.4. The highest BCUT2D eigenvalue weighted by molar-refractivity contribution is 5.92. The summed E-state index contributed by atoms with van der Waals surface area (Å²) in [5, 5.41) is 5.51. The smallest absolute Gasteiger partial charge is 0.224 e. The standard InChI is InChI=1S/C23H25N3O3/c1-15(2)17-4-6-18(7-5-17)21-14-24-23(29-21)13-12-22(28)26-20-10-8-19(9-11-20)25-16(3)27/h4-11,14-15H,12-13H2,1-3H3,(H,25,27)(H,26,28). The molecule has 0 saturated heterocycles. The number of oxazole rings is 1. The van der Waals surface area contributed by atoms with E-state index in [0.29, 0.717) is 35.4 Å². The fourth-order valence-corrected chi connectivity index (χ4v) is 2.88. The number of hydrogen-bond donors (Lipinski definition) is 2. The fourth-order valence-electron chi connectivity index (χ4n) is 2.88. The molecule has 0 aliphatic heterocycles. The van der Waals surface area contributed by atoms with Crippen LogP contribution in [0.1, 0.15) is 44.6 Å². The lowest BCUT2D eigenvalue weighted by Crippen LogP contribution is -2.12. The lowest BCUT2D eigenvalue weighted by molar-refractivity contribution is -0.116. The third kappa shape index (κ3) is 5.78. The molecule has 0 fully saturated rings. The van der Waals surface area contributed by atoms with Crippen molar-refractivity contribution in [3.05, 3.63) is 66.2 Å². The normalized spacial score (nSPS) is 10.8. The molecule has 2 N–H and O–H groups in total. The number of aromatic nitrogens is 1. The Bertz CT molecular complexity index is 973. The molecule has 2 aromatic carbocycles. The molecule has 150 valence electrons. The molecule has 0 unspecified atom stereocenters. The second-order valence-electron chi connectivity index (χ2n) is 7.20. The molecule has 0 aliphatic carbocycles. The molecule has 2 amide bonds. The minimum absolute atomic E-state index is 0.127. The second-order valence-corrected chi connectivity index (χ2v) is 7.20. The van der Waals surface area contributed by atoms with Crippen LogP contribution in [0.2, 0.25) is 0 Å². The summed E-state index contributed by atoms with van der Waals surface area (Å²) in [6, 6.07) is 15.2. The zero-order chi connectivity index (χ0) is 20.8. The zero-order valence-corrected chi connectivity index (χ0v) is 16.9. The van der Waals surface area contributed by atoms with Gasteiger partial charge >= 0.3 is 0 Å². The lowest BCUT2D eigenvalue weighted by atomic mass is 10.0. The average Bonchev–Trinajstić information content (AvgIpc) is 3.17. The number of nitrogens with zero attached hydrogens (tertiary/aromatic N) is 1. The van der Waals surface area contributed by atoms with Crippen LogP contribution in [0.25, 0.3) is 11.3 Å². The first-order chi connectivity index (χ1) is 13.9. The molecule has 1 aromatic heterocycles. The Morgan fingerprint density at radius 3 is 2.17 bits per heavy atom. The van der Waals surface area contributed by atoms with E-state index in [0.717, 1.165) is 5.56 Å². The molecule has 29 heavy (non-hydrogen) atoms. The van der Waals surface area contributed by atoms with Crippen molar-refractivity contribution in [1.82, 2.24) is 4.98 Å². The maximum Gasteiger partial charge on any atom is 0.224 e. The van der Waals surface area contributed by atoms with Crippen molar-refractivity contribution in [3.8, 4) is 11.3 Å². The van der Waals surface area contributed by atoms with Crippen molar-refractivity contribution in [3.63, 3.8) is 0 Å². The van der Waals surface area contributed by atoms with Crippen molar-refractivity contribution >= 4 is 23.2 Å². The van der Waals surface area contributed by atoms with Crippen molar-refractivity contribution in [1.29, 1.82) is 0 Å². The minimum Gasteiger partial charge on any atom is -0.441 e. The van der Waals surface area contributed by atoms with Gasteiger partial charge in [-0.1, -0.05) is 38.1 Å². The summed E-state index contributed by atoms with van der Waals surface area (Å²) < 4.78 is 5.79. The third-order valence-electron chi connectivity index (χ3n) is 4.47. The van der Waals surface area contributed by atoms with Gasteiger partial charge in [-0.15, -0.1) is 0 Å². The number of anilines is 2. The fraction of sp³-hybridized carbons (Fsp3) is 0.261. The summed E-state index contributed by atoms with van der Waals surface area (Å²) in [6.45, 7) is 5.76. The largest absolute Gasteiger partial charge is 0.441 e. The summed E-state index contributed by atoms with van der Waals surface area (Å²) >= 11 is 0. The van der Waals surface area contributed by atoms with Gasteiger partial charge in [0, 0.05) is 36.7 Å². The first-order valence-corrected chi connectivity index (χ1v) is 9.63. The molecule has 1 heterocycles. The van der Waals surface area contributed by atoms with E-state index in [2.05, 4.69) is 41.6 Å². The van der Waals surface area contributed by atoms with Gasteiger partial charge in [-0.2, -0.15) is 0 Å². The van der Waals surface area contributed by atoms with Crippen LogP contribution < -0.4 is 10.6 Å². The van der Waals surface area contributed by atoms with Crippen molar-refractivity contribution in [2.45, 2.75) is 39.5 Å². The summed E-state index contributed by atoms with van der Waals surface area (Å²) in [5.74, 6) is 1.45. The number of rotatable bonds is 7. The van der Waals surface area contributed by atoms with Crippen molar-refractivity contribution in [2.75, 3.05) is 10.6 Å². The molecular weight excluding hydrogens is 366 g/mol.